The Labute approximate surface area is 121 Å². The van der Waals surface area contributed by atoms with Gasteiger partial charge in [-0.1, -0.05) is 0 Å². The summed E-state index contributed by atoms with van der Waals surface area (Å²) in [6.45, 7) is 0.564. The van der Waals surface area contributed by atoms with Gasteiger partial charge in [-0.3, -0.25) is 4.79 Å². The number of ether oxygens (including phenoxy) is 1. The van der Waals surface area contributed by atoms with E-state index in [4.69, 9.17) is 10.00 Å². The maximum Gasteiger partial charge on any atom is 0.230 e. The molecule has 0 bridgehead atoms. The Morgan fingerprint density at radius 2 is 2.45 bits per heavy atom. The van der Waals surface area contributed by atoms with Gasteiger partial charge in [0.25, 0.3) is 0 Å². The minimum absolute atomic E-state index is 0.146. The smallest absolute Gasteiger partial charge is 0.230 e. The molecule has 106 valence electrons. The minimum atomic E-state index is -0.340. The quantitative estimate of drug-likeness (QED) is 0.866. The molecule has 1 N–H and O–H groups in total. The van der Waals surface area contributed by atoms with Crippen molar-refractivity contribution in [1.82, 2.24) is 5.32 Å². The van der Waals surface area contributed by atoms with Gasteiger partial charge in [0.2, 0.25) is 5.91 Å². The van der Waals surface area contributed by atoms with Crippen LogP contribution in [0.1, 0.15) is 24.4 Å². The summed E-state index contributed by atoms with van der Waals surface area (Å²) in [6, 6.07) is 6.10. The monoisotopic (exact) mass is 294 g/mol. The molecule has 0 aromatic heterocycles. The summed E-state index contributed by atoms with van der Waals surface area (Å²) >= 11 is 1.26. The SMILES string of the molecule is N#CCSCC(=O)N[C@@H]1CCCOc2ccc(F)cc21. The summed E-state index contributed by atoms with van der Waals surface area (Å²) in [4.78, 5) is 11.8. The Balaban J connectivity index is 2.06. The number of carbonyl (C=O) groups is 1. The summed E-state index contributed by atoms with van der Waals surface area (Å²) in [6.07, 6.45) is 1.51. The summed E-state index contributed by atoms with van der Waals surface area (Å²) in [7, 11) is 0. The molecule has 1 aromatic carbocycles. The van der Waals surface area contributed by atoms with E-state index < -0.39 is 0 Å². The van der Waals surface area contributed by atoms with Crippen molar-refractivity contribution in [3.05, 3.63) is 29.6 Å². The number of nitriles is 1. The number of hydrogen-bond acceptors (Lipinski definition) is 4. The van der Waals surface area contributed by atoms with E-state index in [-0.39, 0.29) is 29.3 Å². The van der Waals surface area contributed by atoms with Gasteiger partial charge in [0.1, 0.15) is 11.6 Å². The van der Waals surface area contributed by atoms with Crippen molar-refractivity contribution < 1.29 is 13.9 Å². The second-order valence-corrected chi connectivity index (χ2v) is 5.43. The molecule has 1 aliphatic heterocycles. The lowest BCUT2D eigenvalue weighted by Gasteiger charge is -2.18. The van der Waals surface area contributed by atoms with E-state index in [2.05, 4.69) is 5.32 Å². The fourth-order valence-corrected chi connectivity index (χ4v) is 2.59. The van der Waals surface area contributed by atoms with Crippen molar-refractivity contribution in [2.45, 2.75) is 18.9 Å². The Bertz CT molecular complexity index is 530. The summed E-state index contributed by atoms with van der Waals surface area (Å²) in [5.41, 5.74) is 0.682. The Morgan fingerprint density at radius 1 is 1.60 bits per heavy atom. The fourth-order valence-electron chi connectivity index (χ4n) is 2.12. The zero-order valence-electron chi connectivity index (χ0n) is 10.9. The van der Waals surface area contributed by atoms with Crippen molar-refractivity contribution in [2.75, 3.05) is 18.1 Å². The lowest BCUT2D eigenvalue weighted by Crippen LogP contribution is -2.30. The van der Waals surface area contributed by atoms with Crippen LogP contribution in [-0.4, -0.2) is 24.0 Å². The average Bonchev–Trinajstić information content (AvgIpc) is 2.62. The lowest BCUT2D eigenvalue weighted by atomic mass is 10.0. The van der Waals surface area contributed by atoms with Gasteiger partial charge in [0.05, 0.1) is 30.2 Å². The van der Waals surface area contributed by atoms with E-state index >= 15 is 0 Å². The van der Waals surface area contributed by atoms with E-state index in [1.165, 1.54) is 23.9 Å². The van der Waals surface area contributed by atoms with Crippen molar-refractivity contribution in [3.63, 3.8) is 0 Å². The van der Waals surface area contributed by atoms with Crippen LogP contribution in [0.2, 0.25) is 0 Å². The third-order valence-corrected chi connectivity index (χ3v) is 3.78. The summed E-state index contributed by atoms with van der Waals surface area (Å²) < 4.78 is 18.9. The molecule has 0 saturated heterocycles. The highest BCUT2D eigenvalue weighted by Crippen LogP contribution is 2.32. The van der Waals surface area contributed by atoms with Crippen LogP contribution in [0.4, 0.5) is 4.39 Å². The number of nitrogens with zero attached hydrogens (tertiary/aromatic N) is 1. The molecular formula is C14H15FN2O2S. The normalized spacial score (nSPS) is 17.3. The molecule has 0 radical (unpaired) electrons. The van der Waals surface area contributed by atoms with Crippen molar-refractivity contribution >= 4 is 17.7 Å². The van der Waals surface area contributed by atoms with Crippen LogP contribution in [0.15, 0.2) is 18.2 Å². The average molecular weight is 294 g/mol. The summed E-state index contributed by atoms with van der Waals surface area (Å²) in [5, 5.41) is 11.3. The number of benzene rings is 1. The second kappa shape index (κ2) is 7.15. The molecule has 0 spiro atoms. The second-order valence-electron chi connectivity index (χ2n) is 4.44. The van der Waals surface area contributed by atoms with Crippen LogP contribution in [-0.2, 0) is 4.79 Å². The van der Waals surface area contributed by atoms with Gasteiger partial charge >= 0.3 is 0 Å². The van der Waals surface area contributed by atoms with E-state index in [1.807, 2.05) is 6.07 Å². The number of carbonyl (C=O) groups excluding carboxylic acids is 1. The first-order valence-corrected chi connectivity index (χ1v) is 7.52. The number of thioether (sulfide) groups is 1. The number of rotatable bonds is 4. The third kappa shape index (κ3) is 3.87. The van der Waals surface area contributed by atoms with Gasteiger partial charge in [-0.15, -0.1) is 11.8 Å². The van der Waals surface area contributed by atoms with Gasteiger partial charge in [-0.25, -0.2) is 4.39 Å². The highest BCUT2D eigenvalue weighted by Gasteiger charge is 2.22. The highest BCUT2D eigenvalue weighted by atomic mass is 32.2. The predicted octanol–water partition coefficient (Wildman–Crippen LogP) is 2.41. The maximum absolute atomic E-state index is 13.4. The fraction of sp³-hybridized carbons (Fsp3) is 0.429. The lowest BCUT2D eigenvalue weighted by molar-refractivity contribution is -0.119. The molecule has 1 aromatic rings. The Hall–Kier alpha value is -1.74. The number of fused-ring (bicyclic) bond motifs is 1. The van der Waals surface area contributed by atoms with Crippen molar-refractivity contribution in [2.24, 2.45) is 0 Å². The zero-order chi connectivity index (χ0) is 14.4. The maximum atomic E-state index is 13.4. The van der Waals surface area contributed by atoms with E-state index in [0.29, 0.717) is 24.3 Å². The molecule has 1 atom stereocenters. The molecule has 20 heavy (non-hydrogen) atoms. The molecule has 1 aliphatic rings. The first-order chi connectivity index (χ1) is 9.70. The third-order valence-electron chi connectivity index (χ3n) is 2.98. The van der Waals surface area contributed by atoms with E-state index in [9.17, 15) is 9.18 Å². The molecule has 2 rings (SSSR count). The zero-order valence-corrected chi connectivity index (χ0v) is 11.7. The van der Waals surface area contributed by atoms with Crippen molar-refractivity contribution in [1.29, 1.82) is 5.26 Å². The first kappa shape index (κ1) is 14.7. The topological polar surface area (TPSA) is 62.1 Å². The van der Waals surface area contributed by atoms with Gasteiger partial charge < -0.3 is 10.1 Å². The minimum Gasteiger partial charge on any atom is -0.493 e. The molecular weight excluding hydrogens is 279 g/mol. The number of hydrogen-bond donors (Lipinski definition) is 1. The van der Waals surface area contributed by atoms with Crippen LogP contribution in [0.25, 0.3) is 0 Å². The molecule has 1 heterocycles. The van der Waals surface area contributed by atoms with Crippen LogP contribution >= 0.6 is 11.8 Å². The first-order valence-electron chi connectivity index (χ1n) is 6.37. The molecule has 0 saturated carbocycles. The van der Waals surface area contributed by atoms with Gasteiger partial charge in [0, 0.05) is 5.56 Å². The van der Waals surface area contributed by atoms with Gasteiger partial charge in [0.15, 0.2) is 0 Å². The molecule has 0 aliphatic carbocycles. The number of amides is 1. The van der Waals surface area contributed by atoms with Crippen LogP contribution < -0.4 is 10.1 Å². The largest absolute Gasteiger partial charge is 0.493 e. The summed E-state index contributed by atoms with van der Waals surface area (Å²) in [5.74, 6) is 0.653. The molecule has 0 unspecified atom stereocenters. The van der Waals surface area contributed by atoms with Gasteiger partial charge in [-0.2, -0.15) is 5.26 Å². The Kier molecular flexibility index (Phi) is 5.24. The van der Waals surface area contributed by atoms with Crippen LogP contribution in [0, 0.1) is 17.1 Å². The predicted molar refractivity (Wildman–Crippen MR) is 75.0 cm³/mol. The van der Waals surface area contributed by atoms with Crippen LogP contribution in [0.3, 0.4) is 0 Å². The number of nitrogens with one attached hydrogen (secondary N) is 1. The van der Waals surface area contributed by atoms with Crippen LogP contribution in [0.5, 0.6) is 5.75 Å². The molecule has 6 heteroatoms. The van der Waals surface area contributed by atoms with Gasteiger partial charge in [-0.05, 0) is 31.0 Å². The molecule has 1 amide bonds. The highest BCUT2D eigenvalue weighted by molar-refractivity contribution is 8.00. The standard InChI is InChI=1S/C14H15FN2O2S/c15-10-3-4-13-11(8-10)12(2-1-6-19-13)17-14(18)9-20-7-5-16/h3-4,8,12H,1-2,6-7,9H2,(H,17,18)/t12-/m1/s1. The van der Waals surface area contributed by atoms with Crippen molar-refractivity contribution in [3.8, 4) is 11.8 Å². The Morgan fingerprint density at radius 3 is 3.25 bits per heavy atom. The molecule has 0 fully saturated rings. The number of halogens is 1. The molecule has 4 nitrogen and oxygen atoms in total. The van der Waals surface area contributed by atoms with E-state index in [0.717, 1.165) is 6.42 Å². The van der Waals surface area contributed by atoms with E-state index in [1.54, 1.807) is 6.07 Å².